The molecule has 0 saturated heterocycles. The number of halogens is 4. The van der Waals surface area contributed by atoms with Crippen molar-refractivity contribution in [1.29, 1.82) is 0 Å². The summed E-state index contributed by atoms with van der Waals surface area (Å²) in [5.74, 6) is -3.03. The Morgan fingerprint density at radius 1 is 0.784 bits per heavy atom. The normalized spacial score (nSPS) is 24.1. The minimum Gasteiger partial charge on any atom is -0.490 e. The molecule has 2 saturated carbocycles. The van der Waals surface area contributed by atoms with E-state index in [1.54, 1.807) is 24.3 Å². The second-order valence-electron chi connectivity index (χ2n) is 10.8. The van der Waals surface area contributed by atoms with E-state index in [9.17, 15) is 18.3 Å². The molecule has 0 aliphatic heterocycles. The molecule has 6 heteroatoms. The van der Waals surface area contributed by atoms with Crippen LogP contribution < -0.4 is 4.74 Å². The predicted octanol–water partition coefficient (Wildman–Crippen LogP) is 8.51. The number of aryl methyl sites for hydroxylation is 1. The van der Waals surface area contributed by atoms with Crippen molar-refractivity contribution in [2.45, 2.75) is 95.0 Å². The lowest BCUT2D eigenvalue weighted by atomic mass is 9.76. The Hall–Kier alpha value is -2.34. The van der Waals surface area contributed by atoms with Crippen molar-refractivity contribution in [3.63, 3.8) is 0 Å². The molecule has 0 heterocycles. The number of hydrogen-bond acceptors (Lipinski definition) is 2. The molecule has 0 spiro atoms. The predicted molar refractivity (Wildman–Crippen MR) is 138 cm³/mol. The third-order valence-electron chi connectivity index (χ3n) is 8.32. The summed E-state index contributed by atoms with van der Waals surface area (Å²) >= 11 is 0. The van der Waals surface area contributed by atoms with Crippen LogP contribution in [0.5, 0.6) is 5.75 Å². The van der Waals surface area contributed by atoms with Crippen LogP contribution in [0.4, 0.5) is 17.6 Å². The number of aliphatic hydroxyl groups excluding tert-OH is 1. The van der Waals surface area contributed by atoms with Gasteiger partial charge in [0.25, 0.3) is 0 Å². The van der Waals surface area contributed by atoms with Gasteiger partial charge in [-0.05, 0) is 118 Å². The van der Waals surface area contributed by atoms with E-state index in [1.807, 2.05) is 0 Å². The molecule has 37 heavy (non-hydrogen) atoms. The third-order valence-corrected chi connectivity index (χ3v) is 8.32. The third kappa shape index (κ3) is 6.76. The molecule has 1 N–H and O–H groups in total. The molecule has 2 aliphatic carbocycles. The van der Waals surface area contributed by atoms with Crippen molar-refractivity contribution in [2.24, 2.45) is 5.92 Å². The Bertz CT molecular complexity index is 1050. The molecule has 0 unspecified atom stereocenters. The van der Waals surface area contributed by atoms with E-state index in [1.165, 1.54) is 6.07 Å². The van der Waals surface area contributed by atoms with Crippen LogP contribution in [0.3, 0.4) is 0 Å². The molecule has 202 valence electrons. The molecule has 0 radical (unpaired) electrons. The lowest BCUT2D eigenvalue weighted by molar-refractivity contribution is 0.122. The monoisotopic (exact) mass is 518 g/mol. The van der Waals surface area contributed by atoms with Gasteiger partial charge in [0.2, 0.25) is 5.82 Å². The summed E-state index contributed by atoms with van der Waals surface area (Å²) < 4.78 is 64.4. The molecule has 2 aromatic carbocycles. The molecule has 2 fully saturated rings. The second kappa shape index (κ2) is 12.9. The largest absolute Gasteiger partial charge is 0.490 e. The fraction of sp³-hybridized carbons (Fsp3) is 0.548. The van der Waals surface area contributed by atoms with E-state index in [0.29, 0.717) is 67.7 Å². The first-order chi connectivity index (χ1) is 17.9. The quantitative estimate of drug-likeness (QED) is 0.194. The Morgan fingerprint density at radius 3 is 1.97 bits per heavy atom. The van der Waals surface area contributed by atoms with E-state index < -0.39 is 23.3 Å². The molecule has 0 amide bonds. The average Bonchev–Trinajstić information content (AvgIpc) is 2.91. The minimum atomic E-state index is -0.940. The highest BCUT2D eigenvalue weighted by Gasteiger charge is 2.29. The molecular formula is C31H38F4O2. The van der Waals surface area contributed by atoms with Crippen molar-refractivity contribution < 1.29 is 27.4 Å². The lowest BCUT2D eigenvalue weighted by Gasteiger charge is -2.30. The number of benzene rings is 2. The number of allylic oxidation sites excluding steroid dienone is 1. The van der Waals surface area contributed by atoms with E-state index in [4.69, 9.17) is 4.74 Å². The Kier molecular flexibility index (Phi) is 9.69. The van der Waals surface area contributed by atoms with Gasteiger partial charge in [-0.15, -0.1) is 6.58 Å². The van der Waals surface area contributed by atoms with Crippen LogP contribution in [0.2, 0.25) is 0 Å². The number of aliphatic hydroxyl groups is 1. The Labute approximate surface area is 217 Å². The SMILES string of the molecule is C=CCCCOc1ccc(CCC2CCC(c3ccc(C4CCC(O)CC4)c(F)c3F)CC2)c(F)c1F. The minimum absolute atomic E-state index is 0.0281. The van der Waals surface area contributed by atoms with Crippen LogP contribution in [-0.4, -0.2) is 17.8 Å². The van der Waals surface area contributed by atoms with Gasteiger partial charge in [-0.2, -0.15) is 4.39 Å². The zero-order valence-corrected chi connectivity index (χ0v) is 21.5. The maximum Gasteiger partial charge on any atom is 0.200 e. The van der Waals surface area contributed by atoms with Crippen LogP contribution >= 0.6 is 0 Å². The number of ether oxygens (including phenoxy) is 1. The van der Waals surface area contributed by atoms with E-state index >= 15 is 4.39 Å². The van der Waals surface area contributed by atoms with Crippen LogP contribution in [-0.2, 0) is 6.42 Å². The number of unbranched alkanes of at least 4 members (excludes halogenated alkanes) is 1. The fourth-order valence-corrected chi connectivity index (χ4v) is 6.00. The van der Waals surface area contributed by atoms with Crippen molar-refractivity contribution in [2.75, 3.05) is 6.61 Å². The molecular weight excluding hydrogens is 480 g/mol. The maximum absolute atomic E-state index is 15.1. The van der Waals surface area contributed by atoms with Gasteiger partial charge in [-0.1, -0.05) is 24.3 Å². The molecule has 0 atom stereocenters. The lowest BCUT2D eigenvalue weighted by Crippen LogP contribution is -2.19. The summed E-state index contributed by atoms with van der Waals surface area (Å²) in [7, 11) is 0. The molecule has 0 aromatic heterocycles. The van der Waals surface area contributed by atoms with Crippen LogP contribution in [0.15, 0.2) is 36.9 Å². The number of rotatable bonds is 10. The highest BCUT2D eigenvalue weighted by atomic mass is 19.2. The standard InChI is InChI=1S/C31H38F4O2/c1-2-3-4-19-37-27-18-13-23(28(32)31(27)35)10-7-20-5-8-21(9-6-20)25-16-17-26(30(34)29(25)33)22-11-14-24(36)15-12-22/h2,13,16-18,20-22,24,36H,1,3-12,14-15,19H2. The van der Waals surface area contributed by atoms with Crippen LogP contribution in [0.1, 0.15) is 99.2 Å². The molecule has 2 aromatic rings. The molecule has 2 nitrogen and oxygen atoms in total. The summed E-state index contributed by atoms with van der Waals surface area (Å²) in [5, 5.41) is 9.71. The Balaban J connectivity index is 1.29. The van der Waals surface area contributed by atoms with Gasteiger partial charge in [0, 0.05) is 0 Å². The van der Waals surface area contributed by atoms with Gasteiger partial charge in [0.1, 0.15) is 0 Å². The Morgan fingerprint density at radius 2 is 1.38 bits per heavy atom. The van der Waals surface area contributed by atoms with Crippen LogP contribution in [0, 0.1) is 29.2 Å². The summed E-state index contributed by atoms with van der Waals surface area (Å²) in [5.41, 5.74) is 1.23. The van der Waals surface area contributed by atoms with E-state index in [2.05, 4.69) is 6.58 Å². The summed E-state index contributed by atoms with van der Waals surface area (Å²) in [6.07, 6.45) is 9.85. The highest BCUT2D eigenvalue weighted by molar-refractivity contribution is 5.33. The zero-order chi connectivity index (χ0) is 26.4. The van der Waals surface area contributed by atoms with E-state index in [0.717, 1.165) is 38.5 Å². The molecule has 0 bridgehead atoms. The maximum atomic E-state index is 15.1. The summed E-state index contributed by atoms with van der Waals surface area (Å²) in [6, 6.07) is 6.59. The van der Waals surface area contributed by atoms with Gasteiger partial charge in [-0.3, -0.25) is 0 Å². The average molecular weight is 519 g/mol. The number of hydrogen-bond donors (Lipinski definition) is 1. The van der Waals surface area contributed by atoms with Crippen LogP contribution in [0.25, 0.3) is 0 Å². The fourth-order valence-electron chi connectivity index (χ4n) is 6.00. The van der Waals surface area contributed by atoms with Crippen molar-refractivity contribution in [1.82, 2.24) is 0 Å². The smallest absolute Gasteiger partial charge is 0.200 e. The molecule has 4 rings (SSSR count). The topological polar surface area (TPSA) is 29.5 Å². The van der Waals surface area contributed by atoms with Crippen molar-refractivity contribution in [3.8, 4) is 5.75 Å². The summed E-state index contributed by atoms with van der Waals surface area (Å²) in [6.45, 7) is 3.94. The second-order valence-corrected chi connectivity index (χ2v) is 10.8. The van der Waals surface area contributed by atoms with Gasteiger partial charge >= 0.3 is 0 Å². The first kappa shape index (κ1) is 27.7. The van der Waals surface area contributed by atoms with Gasteiger partial charge in [0.15, 0.2) is 23.2 Å². The van der Waals surface area contributed by atoms with E-state index in [-0.39, 0.29) is 23.7 Å². The summed E-state index contributed by atoms with van der Waals surface area (Å²) in [4.78, 5) is 0. The first-order valence-corrected chi connectivity index (χ1v) is 13.7. The van der Waals surface area contributed by atoms with Crippen molar-refractivity contribution in [3.05, 3.63) is 76.9 Å². The zero-order valence-electron chi connectivity index (χ0n) is 21.5. The van der Waals surface area contributed by atoms with Crippen molar-refractivity contribution >= 4 is 0 Å². The first-order valence-electron chi connectivity index (χ1n) is 13.7. The van der Waals surface area contributed by atoms with Gasteiger partial charge < -0.3 is 9.84 Å². The molecule has 2 aliphatic rings. The van der Waals surface area contributed by atoms with Gasteiger partial charge in [0.05, 0.1) is 12.7 Å². The van der Waals surface area contributed by atoms with Gasteiger partial charge in [-0.25, -0.2) is 13.2 Å². The highest BCUT2D eigenvalue weighted by Crippen LogP contribution is 2.41.